The minimum Gasteiger partial charge on any atom is -0.489 e. The summed E-state index contributed by atoms with van der Waals surface area (Å²) < 4.78 is 5.52. The Kier molecular flexibility index (Phi) is 7.30. The molecule has 1 aromatic rings. The largest absolute Gasteiger partial charge is 0.489 e. The van der Waals surface area contributed by atoms with E-state index in [1.807, 2.05) is 38.1 Å². The number of aliphatic hydroxyl groups is 2. The first-order valence-corrected chi connectivity index (χ1v) is 6.94. The van der Waals surface area contributed by atoms with Crippen molar-refractivity contribution in [3.8, 4) is 5.75 Å². The molecular formula is C16H25NO3. The van der Waals surface area contributed by atoms with Crippen LogP contribution in [-0.2, 0) is 0 Å². The molecule has 0 aliphatic carbocycles. The van der Waals surface area contributed by atoms with Crippen LogP contribution in [0.3, 0.4) is 0 Å². The van der Waals surface area contributed by atoms with Gasteiger partial charge in [0.1, 0.15) is 12.4 Å². The lowest BCUT2D eigenvalue weighted by molar-refractivity contribution is 0.134. The average Bonchev–Trinajstić information content (AvgIpc) is 2.45. The van der Waals surface area contributed by atoms with E-state index in [-0.39, 0.29) is 12.6 Å². The second kappa shape index (κ2) is 8.74. The van der Waals surface area contributed by atoms with Crippen LogP contribution in [0, 0.1) is 0 Å². The lowest BCUT2D eigenvalue weighted by Crippen LogP contribution is -2.33. The van der Waals surface area contributed by atoms with Gasteiger partial charge in [-0.3, -0.25) is 0 Å². The fourth-order valence-corrected chi connectivity index (χ4v) is 1.78. The molecule has 4 nitrogen and oxygen atoms in total. The maximum Gasteiger partial charge on any atom is 0.119 e. The summed E-state index contributed by atoms with van der Waals surface area (Å²) in [5.41, 5.74) is 1.81. The molecule has 0 saturated carbocycles. The third-order valence-electron chi connectivity index (χ3n) is 2.98. The van der Waals surface area contributed by atoms with Crippen LogP contribution in [-0.4, -0.2) is 36.0 Å². The zero-order valence-corrected chi connectivity index (χ0v) is 12.3. The summed E-state index contributed by atoms with van der Waals surface area (Å²) in [5.74, 6) is 0.768. The van der Waals surface area contributed by atoms with Gasteiger partial charge in [-0.15, -0.1) is 0 Å². The molecule has 0 aliphatic heterocycles. The summed E-state index contributed by atoms with van der Waals surface area (Å²) in [4.78, 5) is 0. The van der Waals surface area contributed by atoms with E-state index < -0.39 is 6.10 Å². The van der Waals surface area contributed by atoms with E-state index in [9.17, 15) is 5.11 Å². The minimum atomic E-state index is -0.580. The molecule has 20 heavy (non-hydrogen) atoms. The Bertz CT molecular complexity index is 403. The molecule has 0 heterocycles. The molecule has 2 unspecified atom stereocenters. The van der Waals surface area contributed by atoms with Crippen LogP contribution in [0.15, 0.2) is 36.4 Å². The zero-order valence-electron chi connectivity index (χ0n) is 12.3. The van der Waals surface area contributed by atoms with Crippen molar-refractivity contribution in [1.82, 2.24) is 5.32 Å². The highest BCUT2D eigenvalue weighted by Gasteiger charge is 2.15. The molecule has 0 aliphatic rings. The number of aliphatic hydroxyl groups excluding tert-OH is 2. The van der Waals surface area contributed by atoms with Crippen molar-refractivity contribution in [3.63, 3.8) is 0 Å². The second-order valence-corrected chi connectivity index (χ2v) is 5.08. The summed E-state index contributed by atoms with van der Waals surface area (Å²) in [6.07, 6.45) is 0.106. The second-order valence-electron chi connectivity index (χ2n) is 5.08. The normalized spacial score (nSPS) is 13.8. The smallest absolute Gasteiger partial charge is 0.119 e. The summed E-state index contributed by atoms with van der Waals surface area (Å²) in [7, 11) is 0. The Balaban J connectivity index is 2.51. The molecule has 0 saturated heterocycles. The highest BCUT2D eigenvalue weighted by molar-refractivity contribution is 5.29. The predicted octanol–water partition coefficient (Wildman–Crippen LogP) is 2.04. The van der Waals surface area contributed by atoms with Gasteiger partial charge in [0.25, 0.3) is 0 Å². The zero-order chi connectivity index (χ0) is 15.0. The lowest BCUT2D eigenvalue weighted by Gasteiger charge is -2.20. The van der Waals surface area contributed by atoms with E-state index in [2.05, 4.69) is 11.9 Å². The topological polar surface area (TPSA) is 61.7 Å². The first-order chi connectivity index (χ1) is 9.54. The van der Waals surface area contributed by atoms with Crippen molar-refractivity contribution < 1.29 is 14.9 Å². The highest BCUT2D eigenvalue weighted by atomic mass is 16.5. The Morgan fingerprint density at radius 3 is 2.55 bits per heavy atom. The van der Waals surface area contributed by atoms with Crippen LogP contribution in [0.5, 0.6) is 5.75 Å². The van der Waals surface area contributed by atoms with E-state index in [0.717, 1.165) is 16.9 Å². The molecular weight excluding hydrogens is 254 g/mol. The van der Waals surface area contributed by atoms with Crippen molar-refractivity contribution in [1.29, 1.82) is 0 Å². The molecule has 0 amide bonds. The molecule has 1 aromatic carbocycles. The monoisotopic (exact) mass is 279 g/mol. The number of benzene rings is 1. The fraction of sp³-hybridized carbons (Fsp3) is 0.500. The number of nitrogens with one attached hydrogen (secondary N) is 1. The molecule has 0 bridgehead atoms. The number of ether oxygens (including phenoxy) is 1. The van der Waals surface area contributed by atoms with Gasteiger partial charge in [0.2, 0.25) is 0 Å². The van der Waals surface area contributed by atoms with Gasteiger partial charge in [-0.1, -0.05) is 18.7 Å². The van der Waals surface area contributed by atoms with Gasteiger partial charge in [0.05, 0.1) is 6.10 Å². The molecule has 2 atom stereocenters. The maximum absolute atomic E-state index is 10.2. The van der Waals surface area contributed by atoms with E-state index in [1.165, 1.54) is 0 Å². The molecule has 0 spiro atoms. The van der Waals surface area contributed by atoms with Gasteiger partial charge in [0, 0.05) is 12.6 Å². The van der Waals surface area contributed by atoms with E-state index in [1.54, 1.807) is 0 Å². The average molecular weight is 279 g/mol. The van der Waals surface area contributed by atoms with Gasteiger partial charge < -0.3 is 20.3 Å². The lowest BCUT2D eigenvalue weighted by atomic mass is 10.0. The third-order valence-corrected chi connectivity index (χ3v) is 2.98. The molecule has 0 aromatic heterocycles. The van der Waals surface area contributed by atoms with Gasteiger partial charge in [-0.05, 0) is 50.1 Å². The van der Waals surface area contributed by atoms with Gasteiger partial charge >= 0.3 is 0 Å². The molecule has 0 fully saturated rings. The highest BCUT2D eigenvalue weighted by Crippen LogP contribution is 2.20. The summed E-state index contributed by atoms with van der Waals surface area (Å²) >= 11 is 0. The minimum absolute atomic E-state index is 0.0660. The summed E-state index contributed by atoms with van der Waals surface area (Å²) in [6, 6.07) is 7.36. The van der Waals surface area contributed by atoms with Crippen molar-refractivity contribution in [2.75, 3.05) is 19.8 Å². The van der Waals surface area contributed by atoms with Gasteiger partial charge in [-0.25, -0.2) is 0 Å². The van der Waals surface area contributed by atoms with Crippen molar-refractivity contribution >= 4 is 0 Å². The summed E-state index contributed by atoms with van der Waals surface area (Å²) in [6.45, 7) is 8.97. The fourth-order valence-electron chi connectivity index (χ4n) is 1.78. The molecule has 112 valence electrons. The molecule has 0 radical (unpaired) electrons. The third kappa shape index (κ3) is 5.74. The van der Waals surface area contributed by atoms with Gasteiger partial charge in [0.15, 0.2) is 0 Å². The van der Waals surface area contributed by atoms with Crippen molar-refractivity contribution in [2.24, 2.45) is 0 Å². The molecule has 1 rings (SSSR count). The van der Waals surface area contributed by atoms with Crippen LogP contribution in [0.4, 0.5) is 0 Å². The van der Waals surface area contributed by atoms with E-state index >= 15 is 0 Å². The van der Waals surface area contributed by atoms with Crippen LogP contribution >= 0.6 is 0 Å². The predicted molar refractivity (Wildman–Crippen MR) is 80.9 cm³/mol. The molecule has 3 N–H and O–H groups in total. The van der Waals surface area contributed by atoms with Gasteiger partial charge in [-0.2, -0.15) is 0 Å². The van der Waals surface area contributed by atoms with Crippen molar-refractivity contribution in [3.05, 3.63) is 42.0 Å². The van der Waals surface area contributed by atoms with Crippen molar-refractivity contribution in [2.45, 2.75) is 32.4 Å². The van der Waals surface area contributed by atoms with Crippen LogP contribution in [0.1, 0.15) is 31.9 Å². The Hall–Kier alpha value is -1.36. The summed E-state index contributed by atoms with van der Waals surface area (Å²) in [5, 5.41) is 22.1. The van der Waals surface area contributed by atoms with Crippen LogP contribution in [0.25, 0.3) is 0 Å². The Labute approximate surface area is 121 Å². The maximum atomic E-state index is 10.2. The van der Waals surface area contributed by atoms with E-state index in [0.29, 0.717) is 19.6 Å². The first kappa shape index (κ1) is 16.7. The SMILES string of the molecule is C=C(C)COc1ccc(C(O)C(C)NCCCO)cc1. The van der Waals surface area contributed by atoms with Crippen LogP contribution < -0.4 is 10.1 Å². The number of rotatable bonds is 9. The standard InChI is InChI=1S/C16H25NO3/c1-12(2)11-20-15-7-5-14(6-8-15)16(19)13(3)17-9-4-10-18/h5-8,13,16-19H,1,4,9-11H2,2-3H3. The van der Waals surface area contributed by atoms with Crippen LogP contribution in [0.2, 0.25) is 0 Å². The Morgan fingerprint density at radius 1 is 1.35 bits per heavy atom. The first-order valence-electron chi connectivity index (χ1n) is 6.94. The number of hydrogen-bond acceptors (Lipinski definition) is 4. The van der Waals surface area contributed by atoms with E-state index in [4.69, 9.17) is 9.84 Å². The molecule has 4 heteroatoms. The number of hydrogen-bond donors (Lipinski definition) is 3. The quantitative estimate of drug-likeness (QED) is 0.478. The Morgan fingerprint density at radius 2 is 2.00 bits per heavy atom.